The number of anilines is 1. The number of piperidine rings is 2. The molecule has 0 amide bonds. The number of rotatable bonds is 3. The molecule has 5 nitrogen and oxygen atoms in total. The summed E-state index contributed by atoms with van der Waals surface area (Å²) < 4.78 is 0. The lowest BCUT2D eigenvalue weighted by Gasteiger charge is -2.33. The van der Waals surface area contributed by atoms with Crippen LogP contribution < -0.4 is 10.2 Å². The summed E-state index contributed by atoms with van der Waals surface area (Å²) in [5.41, 5.74) is 3.90. The highest BCUT2D eigenvalue weighted by atomic mass is 15.2. The molecular formula is C28H33N5. The molecule has 0 unspecified atom stereocenters. The number of fused-ring (bicyclic) bond motifs is 1. The lowest BCUT2D eigenvalue weighted by atomic mass is 9.89. The van der Waals surface area contributed by atoms with Crippen molar-refractivity contribution in [3.05, 3.63) is 90.4 Å². The summed E-state index contributed by atoms with van der Waals surface area (Å²) in [5, 5.41) is 4.51. The van der Waals surface area contributed by atoms with E-state index in [4.69, 9.17) is 0 Å². The van der Waals surface area contributed by atoms with Crippen LogP contribution in [-0.4, -0.2) is 41.1 Å². The third-order valence-corrected chi connectivity index (χ3v) is 7.01. The van der Waals surface area contributed by atoms with Crippen molar-refractivity contribution in [2.24, 2.45) is 0 Å². The number of H-pyrrole nitrogens is 1. The van der Waals surface area contributed by atoms with E-state index in [1.165, 1.54) is 49.9 Å². The van der Waals surface area contributed by atoms with E-state index in [0.29, 0.717) is 5.92 Å². The zero-order valence-corrected chi connectivity index (χ0v) is 19.2. The third-order valence-electron chi connectivity index (χ3n) is 7.01. The van der Waals surface area contributed by atoms with Crippen molar-refractivity contribution in [1.82, 2.24) is 20.3 Å². The van der Waals surface area contributed by atoms with Crippen molar-refractivity contribution in [2.45, 2.75) is 37.5 Å². The molecule has 0 aliphatic carbocycles. The molecule has 2 saturated heterocycles. The van der Waals surface area contributed by atoms with E-state index in [0.717, 1.165) is 35.9 Å². The molecule has 0 atom stereocenters. The van der Waals surface area contributed by atoms with E-state index in [2.05, 4.69) is 91.9 Å². The minimum Gasteiger partial charge on any atom is -0.356 e. The lowest BCUT2D eigenvalue weighted by molar-refractivity contribution is 0.460. The molecule has 0 radical (unpaired) electrons. The molecule has 2 aromatic carbocycles. The molecule has 6 rings (SSSR count). The Morgan fingerprint density at radius 1 is 0.697 bits per heavy atom. The Morgan fingerprint density at radius 3 is 1.94 bits per heavy atom. The van der Waals surface area contributed by atoms with Crippen LogP contribution in [0.3, 0.4) is 0 Å². The second-order valence-electron chi connectivity index (χ2n) is 9.04. The van der Waals surface area contributed by atoms with E-state index < -0.39 is 0 Å². The quantitative estimate of drug-likeness (QED) is 0.443. The topological polar surface area (TPSA) is 56.8 Å². The molecule has 4 heterocycles. The van der Waals surface area contributed by atoms with E-state index >= 15 is 0 Å². The largest absolute Gasteiger partial charge is 0.356 e. The Morgan fingerprint density at radius 2 is 1.30 bits per heavy atom. The van der Waals surface area contributed by atoms with Gasteiger partial charge >= 0.3 is 0 Å². The van der Waals surface area contributed by atoms with Gasteiger partial charge in [0, 0.05) is 19.3 Å². The molecule has 0 spiro atoms. The Bertz CT molecular complexity index is 1110. The maximum atomic E-state index is 4.50. The van der Waals surface area contributed by atoms with Gasteiger partial charge in [0.25, 0.3) is 0 Å². The molecule has 2 aromatic heterocycles. The first kappa shape index (κ1) is 21.7. The highest BCUT2D eigenvalue weighted by molar-refractivity contribution is 5.87. The molecular weight excluding hydrogens is 406 g/mol. The van der Waals surface area contributed by atoms with Crippen molar-refractivity contribution >= 4 is 16.9 Å². The summed E-state index contributed by atoms with van der Waals surface area (Å²) in [7, 11) is 0. The van der Waals surface area contributed by atoms with E-state index in [1.807, 2.05) is 6.20 Å². The van der Waals surface area contributed by atoms with Crippen LogP contribution >= 0.6 is 0 Å². The number of nitrogens with one attached hydrogen (secondary N) is 2. The summed E-state index contributed by atoms with van der Waals surface area (Å²) in [6.07, 6.45) is 8.53. The zero-order valence-electron chi connectivity index (χ0n) is 19.2. The Hall–Kier alpha value is -3.18. The standard InChI is InChI=1S/C17H18N4.C11H15N/c1-2-4-13(5-3-1)14-7-10-21(11-8-14)17-15-6-9-18-16(15)19-12-20-17;1-2-4-10(5-3-1)11-6-8-12-9-7-11/h1-6,9,12,14H,7-8,10-11H2,(H,18,19,20);1-5,11-12H,6-9H2. The second kappa shape index (κ2) is 10.6. The molecule has 2 fully saturated rings. The molecule has 0 bridgehead atoms. The van der Waals surface area contributed by atoms with Gasteiger partial charge in [-0.1, -0.05) is 60.7 Å². The molecule has 2 aliphatic rings. The van der Waals surface area contributed by atoms with Gasteiger partial charge in [0.15, 0.2) is 0 Å². The van der Waals surface area contributed by atoms with Crippen LogP contribution in [0, 0.1) is 0 Å². The monoisotopic (exact) mass is 439 g/mol. The highest BCUT2D eigenvalue weighted by Crippen LogP contribution is 2.31. The van der Waals surface area contributed by atoms with Crippen molar-refractivity contribution in [3.63, 3.8) is 0 Å². The fourth-order valence-electron chi connectivity index (χ4n) is 5.14. The van der Waals surface area contributed by atoms with Crippen molar-refractivity contribution < 1.29 is 0 Å². The van der Waals surface area contributed by atoms with Crippen LogP contribution in [0.15, 0.2) is 79.3 Å². The van der Waals surface area contributed by atoms with E-state index in [1.54, 1.807) is 6.33 Å². The predicted molar refractivity (Wildman–Crippen MR) is 136 cm³/mol. The third kappa shape index (κ3) is 5.25. The van der Waals surface area contributed by atoms with Crippen LogP contribution in [0.2, 0.25) is 0 Å². The van der Waals surface area contributed by atoms with Crippen molar-refractivity contribution in [3.8, 4) is 0 Å². The van der Waals surface area contributed by atoms with Crippen LogP contribution in [0.1, 0.15) is 48.6 Å². The molecule has 2 aliphatic heterocycles. The number of hydrogen-bond acceptors (Lipinski definition) is 4. The summed E-state index contributed by atoms with van der Waals surface area (Å²) >= 11 is 0. The zero-order chi connectivity index (χ0) is 22.3. The normalized spacial score (nSPS) is 17.5. The molecule has 170 valence electrons. The second-order valence-corrected chi connectivity index (χ2v) is 9.04. The molecule has 5 heteroatoms. The summed E-state index contributed by atoms with van der Waals surface area (Å²) in [6.45, 7) is 4.47. The molecule has 0 saturated carbocycles. The molecule has 4 aromatic rings. The number of hydrogen-bond donors (Lipinski definition) is 2. The van der Waals surface area contributed by atoms with Gasteiger partial charge < -0.3 is 15.2 Å². The first-order valence-electron chi connectivity index (χ1n) is 12.2. The van der Waals surface area contributed by atoms with Gasteiger partial charge in [0.05, 0.1) is 5.39 Å². The number of aromatic nitrogens is 3. The van der Waals surface area contributed by atoms with Crippen molar-refractivity contribution in [1.29, 1.82) is 0 Å². The van der Waals surface area contributed by atoms with Gasteiger partial charge in [0.2, 0.25) is 0 Å². The number of nitrogens with zero attached hydrogens (tertiary/aromatic N) is 3. The van der Waals surface area contributed by atoms with Crippen LogP contribution in [0.5, 0.6) is 0 Å². The minimum absolute atomic E-state index is 0.672. The van der Waals surface area contributed by atoms with E-state index in [9.17, 15) is 0 Å². The van der Waals surface area contributed by atoms with Gasteiger partial charge in [-0.25, -0.2) is 9.97 Å². The fourth-order valence-corrected chi connectivity index (χ4v) is 5.14. The maximum Gasteiger partial charge on any atom is 0.142 e. The average Bonchev–Trinajstić information content (AvgIpc) is 3.40. The van der Waals surface area contributed by atoms with Crippen LogP contribution in [-0.2, 0) is 0 Å². The van der Waals surface area contributed by atoms with Gasteiger partial charge in [-0.05, 0) is 67.8 Å². The van der Waals surface area contributed by atoms with Crippen LogP contribution in [0.25, 0.3) is 11.0 Å². The first-order valence-corrected chi connectivity index (χ1v) is 12.2. The Labute approximate surface area is 196 Å². The minimum atomic E-state index is 0.672. The summed E-state index contributed by atoms with van der Waals surface area (Å²) in [4.78, 5) is 14.3. The lowest BCUT2D eigenvalue weighted by Crippen LogP contribution is -2.33. The molecule has 33 heavy (non-hydrogen) atoms. The number of aromatic amines is 1. The fraction of sp³-hybridized carbons (Fsp3) is 0.357. The molecule has 2 N–H and O–H groups in total. The van der Waals surface area contributed by atoms with Gasteiger partial charge in [-0.2, -0.15) is 0 Å². The first-order chi connectivity index (χ1) is 16.4. The van der Waals surface area contributed by atoms with Gasteiger partial charge in [-0.3, -0.25) is 0 Å². The van der Waals surface area contributed by atoms with Gasteiger partial charge in [0.1, 0.15) is 17.8 Å². The van der Waals surface area contributed by atoms with Crippen molar-refractivity contribution in [2.75, 3.05) is 31.1 Å². The summed E-state index contributed by atoms with van der Waals surface area (Å²) in [5.74, 6) is 2.53. The highest BCUT2D eigenvalue weighted by Gasteiger charge is 2.22. The predicted octanol–water partition coefficient (Wildman–Crippen LogP) is 5.50. The average molecular weight is 440 g/mol. The Balaban J connectivity index is 0.000000162. The Kier molecular flexibility index (Phi) is 6.97. The van der Waals surface area contributed by atoms with Gasteiger partial charge in [-0.15, -0.1) is 0 Å². The maximum absolute atomic E-state index is 4.50. The smallest absolute Gasteiger partial charge is 0.142 e. The SMILES string of the molecule is c1ccc(C2CCN(c3ncnc4[nH]ccc34)CC2)cc1.c1ccc(C2CCNCC2)cc1. The number of benzene rings is 2. The van der Waals surface area contributed by atoms with Crippen LogP contribution in [0.4, 0.5) is 5.82 Å². The van der Waals surface area contributed by atoms with E-state index in [-0.39, 0.29) is 0 Å². The summed E-state index contributed by atoms with van der Waals surface area (Å²) in [6, 6.07) is 23.8.